The van der Waals surface area contributed by atoms with Gasteiger partial charge in [0.05, 0.1) is 11.9 Å². The first-order valence-corrected chi connectivity index (χ1v) is 7.55. The number of hydrogen-bond acceptors (Lipinski definition) is 5. The molecule has 0 aliphatic heterocycles. The van der Waals surface area contributed by atoms with Gasteiger partial charge in [-0.05, 0) is 29.4 Å². The highest BCUT2D eigenvalue weighted by atomic mass is 32.2. The van der Waals surface area contributed by atoms with Gasteiger partial charge in [-0.3, -0.25) is 4.72 Å². The first kappa shape index (κ1) is 14.0. The third-order valence-corrected chi connectivity index (χ3v) is 2.93. The minimum Gasteiger partial charge on any atom is -0.455 e. The highest BCUT2D eigenvalue weighted by Gasteiger charge is 2.11. The normalized spacial score (nSPS) is 10.8. The number of sulfonamides is 1. The van der Waals surface area contributed by atoms with Crippen LogP contribution in [0.1, 0.15) is 0 Å². The zero-order valence-electron chi connectivity index (χ0n) is 10.6. The zero-order chi connectivity index (χ0) is 14.6. The maximum absolute atomic E-state index is 11.3. The second-order valence-corrected chi connectivity index (χ2v) is 5.81. The monoisotopic (exact) mass is 292 g/mol. The number of anilines is 1. The van der Waals surface area contributed by atoms with Gasteiger partial charge >= 0.3 is 0 Å². The summed E-state index contributed by atoms with van der Waals surface area (Å²) in [5.74, 6) is 0.728. The molecule has 0 aliphatic carbocycles. The van der Waals surface area contributed by atoms with Crippen LogP contribution in [-0.2, 0) is 10.0 Å². The SMILES string of the molecule is CS(=O)(=O)Nc1ccc(N=O)cc1Oc1ccccc1. The average Bonchev–Trinajstić information content (AvgIpc) is 2.40. The molecule has 2 aromatic rings. The number of nitrogens with zero attached hydrogens (tertiary/aromatic N) is 1. The fourth-order valence-electron chi connectivity index (χ4n) is 1.55. The van der Waals surface area contributed by atoms with Crippen LogP contribution in [0.3, 0.4) is 0 Å². The Morgan fingerprint density at radius 3 is 2.40 bits per heavy atom. The average molecular weight is 292 g/mol. The molecular formula is C13H12N2O4S. The molecule has 2 rings (SSSR count). The molecule has 0 unspecified atom stereocenters. The minimum absolute atomic E-state index is 0.148. The summed E-state index contributed by atoms with van der Waals surface area (Å²) in [4.78, 5) is 10.6. The summed E-state index contributed by atoms with van der Waals surface area (Å²) in [6.07, 6.45) is 1.03. The van der Waals surface area contributed by atoms with Gasteiger partial charge in [0.2, 0.25) is 10.0 Å². The summed E-state index contributed by atoms with van der Waals surface area (Å²) in [5, 5.41) is 2.80. The van der Waals surface area contributed by atoms with Crippen LogP contribution in [0.4, 0.5) is 11.4 Å². The number of para-hydroxylation sites is 1. The topological polar surface area (TPSA) is 84.8 Å². The van der Waals surface area contributed by atoms with E-state index in [4.69, 9.17) is 4.74 Å². The van der Waals surface area contributed by atoms with Crippen molar-refractivity contribution in [1.29, 1.82) is 0 Å². The van der Waals surface area contributed by atoms with Crippen LogP contribution in [-0.4, -0.2) is 14.7 Å². The van der Waals surface area contributed by atoms with E-state index in [0.29, 0.717) is 5.75 Å². The Morgan fingerprint density at radius 1 is 1.10 bits per heavy atom. The molecule has 20 heavy (non-hydrogen) atoms. The van der Waals surface area contributed by atoms with Gasteiger partial charge < -0.3 is 4.74 Å². The van der Waals surface area contributed by atoms with Crippen molar-refractivity contribution in [3.63, 3.8) is 0 Å². The van der Waals surface area contributed by atoms with Crippen molar-refractivity contribution >= 4 is 21.4 Å². The highest BCUT2D eigenvalue weighted by molar-refractivity contribution is 7.92. The molecule has 1 N–H and O–H groups in total. The Bertz CT molecular complexity index is 714. The lowest BCUT2D eigenvalue weighted by molar-refractivity contribution is 0.485. The Labute approximate surface area is 116 Å². The second-order valence-electron chi connectivity index (χ2n) is 4.06. The zero-order valence-corrected chi connectivity index (χ0v) is 11.4. The van der Waals surface area contributed by atoms with E-state index in [1.54, 1.807) is 24.3 Å². The quantitative estimate of drug-likeness (QED) is 0.857. The molecule has 0 aliphatic rings. The van der Waals surface area contributed by atoms with Gasteiger partial charge in [0.1, 0.15) is 11.4 Å². The summed E-state index contributed by atoms with van der Waals surface area (Å²) in [5.41, 5.74) is 0.388. The lowest BCUT2D eigenvalue weighted by Crippen LogP contribution is -2.10. The van der Waals surface area contributed by atoms with Crippen molar-refractivity contribution in [2.75, 3.05) is 11.0 Å². The van der Waals surface area contributed by atoms with Crippen molar-refractivity contribution in [3.8, 4) is 11.5 Å². The lowest BCUT2D eigenvalue weighted by atomic mass is 10.2. The van der Waals surface area contributed by atoms with Gasteiger partial charge in [-0.2, -0.15) is 0 Å². The number of hydrogen-bond donors (Lipinski definition) is 1. The number of nitrogens with one attached hydrogen (secondary N) is 1. The number of ether oxygens (including phenoxy) is 1. The summed E-state index contributed by atoms with van der Waals surface area (Å²) in [7, 11) is -3.45. The van der Waals surface area contributed by atoms with Gasteiger partial charge in [0.25, 0.3) is 0 Å². The third kappa shape index (κ3) is 3.79. The van der Waals surface area contributed by atoms with Gasteiger partial charge in [-0.1, -0.05) is 18.2 Å². The van der Waals surface area contributed by atoms with Crippen LogP contribution in [0.25, 0.3) is 0 Å². The Morgan fingerprint density at radius 2 is 1.80 bits per heavy atom. The van der Waals surface area contributed by atoms with Crippen molar-refractivity contribution in [1.82, 2.24) is 0 Å². The lowest BCUT2D eigenvalue weighted by Gasteiger charge is -2.12. The molecule has 0 saturated carbocycles. The molecule has 0 heterocycles. The van der Waals surface area contributed by atoms with Crippen LogP contribution in [0, 0.1) is 4.91 Å². The number of benzene rings is 2. The number of nitroso groups, excluding NO2 is 1. The van der Waals surface area contributed by atoms with Crippen molar-refractivity contribution in [3.05, 3.63) is 53.4 Å². The molecule has 6 nitrogen and oxygen atoms in total. The standard InChI is InChI=1S/C13H12N2O4S/c1-20(17,18)15-12-8-7-10(14-16)9-13(12)19-11-5-3-2-4-6-11/h2-9,15H,1H3. The van der Waals surface area contributed by atoms with E-state index in [-0.39, 0.29) is 17.1 Å². The van der Waals surface area contributed by atoms with Crippen molar-refractivity contribution in [2.45, 2.75) is 0 Å². The van der Waals surface area contributed by atoms with E-state index in [0.717, 1.165) is 6.26 Å². The van der Waals surface area contributed by atoms with E-state index in [2.05, 4.69) is 9.90 Å². The first-order valence-electron chi connectivity index (χ1n) is 5.66. The molecule has 7 heteroatoms. The van der Waals surface area contributed by atoms with Gasteiger partial charge in [-0.15, -0.1) is 4.91 Å². The third-order valence-electron chi connectivity index (χ3n) is 2.34. The highest BCUT2D eigenvalue weighted by Crippen LogP contribution is 2.33. The van der Waals surface area contributed by atoms with Gasteiger partial charge in [0, 0.05) is 6.07 Å². The molecule has 0 fully saturated rings. The van der Waals surface area contributed by atoms with Gasteiger partial charge in [-0.25, -0.2) is 8.42 Å². The van der Waals surface area contributed by atoms with Crippen LogP contribution in [0.5, 0.6) is 11.5 Å². The first-order chi connectivity index (χ1) is 9.48. The van der Waals surface area contributed by atoms with Gasteiger partial charge in [0.15, 0.2) is 5.75 Å². The van der Waals surface area contributed by atoms with E-state index >= 15 is 0 Å². The van der Waals surface area contributed by atoms with Crippen molar-refractivity contribution < 1.29 is 13.2 Å². The summed E-state index contributed by atoms with van der Waals surface area (Å²) >= 11 is 0. The summed E-state index contributed by atoms with van der Waals surface area (Å²) < 4.78 is 30.5. The van der Waals surface area contributed by atoms with E-state index in [9.17, 15) is 13.3 Å². The largest absolute Gasteiger partial charge is 0.455 e. The Kier molecular flexibility index (Phi) is 3.99. The summed E-state index contributed by atoms with van der Waals surface area (Å²) in [6, 6.07) is 13.0. The van der Waals surface area contributed by atoms with Crippen LogP contribution in [0.2, 0.25) is 0 Å². The van der Waals surface area contributed by atoms with Crippen LogP contribution < -0.4 is 9.46 Å². The molecule has 0 saturated heterocycles. The Hall–Kier alpha value is -2.41. The van der Waals surface area contributed by atoms with Crippen LogP contribution >= 0.6 is 0 Å². The molecule has 104 valence electrons. The fourth-order valence-corrected chi connectivity index (χ4v) is 2.12. The molecule has 0 amide bonds. The Balaban J connectivity index is 2.39. The predicted molar refractivity (Wildman–Crippen MR) is 76.9 cm³/mol. The van der Waals surface area contributed by atoms with Crippen LogP contribution in [0.15, 0.2) is 53.7 Å². The van der Waals surface area contributed by atoms with E-state index in [1.807, 2.05) is 6.07 Å². The molecule has 0 aromatic heterocycles. The maximum Gasteiger partial charge on any atom is 0.229 e. The molecule has 0 spiro atoms. The van der Waals surface area contributed by atoms with E-state index in [1.165, 1.54) is 18.2 Å². The molecule has 0 atom stereocenters. The number of rotatable bonds is 5. The molecule has 2 aromatic carbocycles. The predicted octanol–water partition coefficient (Wildman–Crippen LogP) is 3.25. The smallest absolute Gasteiger partial charge is 0.229 e. The van der Waals surface area contributed by atoms with E-state index < -0.39 is 10.0 Å². The molecule has 0 bridgehead atoms. The molecule has 0 radical (unpaired) electrons. The second kappa shape index (κ2) is 5.70. The minimum atomic E-state index is -3.45. The fraction of sp³-hybridized carbons (Fsp3) is 0.0769. The summed E-state index contributed by atoms with van der Waals surface area (Å²) in [6.45, 7) is 0. The maximum atomic E-state index is 11.3. The molecular weight excluding hydrogens is 280 g/mol. The van der Waals surface area contributed by atoms with Crippen molar-refractivity contribution in [2.24, 2.45) is 5.18 Å².